The first-order valence-corrected chi connectivity index (χ1v) is 7.70. The van der Waals surface area contributed by atoms with Crippen molar-refractivity contribution in [3.63, 3.8) is 0 Å². The van der Waals surface area contributed by atoms with E-state index >= 15 is 0 Å². The quantitative estimate of drug-likeness (QED) is 0.724. The van der Waals surface area contributed by atoms with Crippen molar-refractivity contribution in [3.05, 3.63) is 24.3 Å². The predicted octanol–water partition coefficient (Wildman–Crippen LogP) is 0.913. The summed E-state index contributed by atoms with van der Waals surface area (Å²) < 4.78 is 16.2. The molecule has 1 aliphatic heterocycles. The van der Waals surface area contributed by atoms with Gasteiger partial charge in [0.1, 0.15) is 18.1 Å². The Hall–Kier alpha value is -1.79. The van der Waals surface area contributed by atoms with Gasteiger partial charge in [0, 0.05) is 13.1 Å². The number of nitrogens with zero attached hydrogens (tertiary/aromatic N) is 1. The lowest BCUT2D eigenvalue weighted by molar-refractivity contribution is -0.123. The molecular weight excluding hydrogens is 284 g/mol. The van der Waals surface area contributed by atoms with Gasteiger partial charge in [-0.15, -0.1) is 0 Å². The van der Waals surface area contributed by atoms with Crippen molar-refractivity contribution in [1.29, 1.82) is 0 Å². The van der Waals surface area contributed by atoms with Gasteiger partial charge in [0.2, 0.25) is 5.91 Å². The summed E-state index contributed by atoms with van der Waals surface area (Å²) >= 11 is 0. The highest BCUT2D eigenvalue weighted by atomic mass is 16.5. The average molecular weight is 308 g/mol. The van der Waals surface area contributed by atoms with E-state index in [1.807, 2.05) is 31.2 Å². The van der Waals surface area contributed by atoms with Gasteiger partial charge < -0.3 is 19.5 Å². The van der Waals surface area contributed by atoms with E-state index in [9.17, 15) is 4.79 Å². The van der Waals surface area contributed by atoms with Crippen molar-refractivity contribution in [1.82, 2.24) is 10.2 Å². The van der Waals surface area contributed by atoms with Crippen LogP contribution in [0.3, 0.4) is 0 Å². The molecule has 0 aromatic heterocycles. The van der Waals surface area contributed by atoms with E-state index in [0.717, 1.165) is 24.6 Å². The Bertz CT molecular complexity index is 444. The molecule has 0 saturated carbocycles. The van der Waals surface area contributed by atoms with Crippen molar-refractivity contribution in [2.75, 3.05) is 52.6 Å². The molecule has 1 heterocycles. The number of hydrogen-bond acceptors (Lipinski definition) is 5. The zero-order valence-corrected chi connectivity index (χ0v) is 13.0. The minimum atomic E-state index is 0.0252. The fourth-order valence-electron chi connectivity index (χ4n) is 2.18. The van der Waals surface area contributed by atoms with Gasteiger partial charge in [-0.1, -0.05) is 0 Å². The topological polar surface area (TPSA) is 60.0 Å². The Balaban J connectivity index is 1.58. The molecule has 1 N–H and O–H groups in total. The molecule has 0 unspecified atom stereocenters. The van der Waals surface area contributed by atoms with Crippen LogP contribution in [0, 0.1) is 0 Å². The van der Waals surface area contributed by atoms with Crippen molar-refractivity contribution in [2.24, 2.45) is 0 Å². The molecule has 1 aromatic rings. The highest BCUT2D eigenvalue weighted by molar-refractivity contribution is 5.77. The third kappa shape index (κ3) is 5.91. The van der Waals surface area contributed by atoms with Crippen LogP contribution in [0.2, 0.25) is 0 Å². The van der Waals surface area contributed by atoms with Crippen molar-refractivity contribution in [2.45, 2.75) is 6.92 Å². The van der Waals surface area contributed by atoms with Crippen LogP contribution in [-0.4, -0.2) is 63.4 Å². The molecule has 1 saturated heterocycles. The van der Waals surface area contributed by atoms with Crippen LogP contribution in [0.5, 0.6) is 11.5 Å². The van der Waals surface area contributed by atoms with Gasteiger partial charge in [-0.3, -0.25) is 9.69 Å². The molecule has 0 aliphatic carbocycles. The normalized spacial score (nSPS) is 15.3. The summed E-state index contributed by atoms with van der Waals surface area (Å²) in [5, 5.41) is 2.86. The monoisotopic (exact) mass is 308 g/mol. The predicted molar refractivity (Wildman–Crippen MR) is 83.4 cm³/mol. The van der Waals surface area contributed by atoms with Crippen LogP contribution in [0.1, 0.15) is 6.92 Å². The Morgan fingerprint density at radius 2 is 1.82 bits per heavy atom. The summed E-state index contributed by atoms with van der Waals surface area (Å²) in [6, 6.07) is 7.47. The summed E-state index contributed by atoms with van der Waals surface area (Å²) in [6.45, 7) is 7.00. The number of rotatable bonds is 8. The van der Waals surface area contributed by atoms with Gasteiger partial charge >= 0.3 is 0 Å². The maximum absolute atomic E-state index is 11.8. The molecule has 1 fully saturated rings. The minimum Gasteiger partial charge on any atom is -0.494 e. The lowest BCUT2D eigenvalue weighted by Gasteiger charge is -2.25. The zero-order valence-electron chi connectivity index (χ0n) is 13.0. The molecule has 2 rings (SSSR count). The van der Waals surface area contributed by atoms with Gasteiger partial charge in [-0.05, 0) is 31.2 Å². The second kappa shape index (κ2) is 9.27. The molecule has 22 heavy (non-hydrogen) atoms. The fraction of sp³-hybridized carbons (Fsp3) is 0.562. The highest BCUT2D eigenvalue weighted by Gasteiger charge is 2.13. The number of amides is 1. The summed E-state index contributed by atoms with van der Waals surface area (Å²) in [7, 11) is 0. The van der Waals surface area contributed by atoms with Crippen LogP contribution in [0.15, 0.2) is 24.3 Å². The van der Waals surface area contributed by atoms with Crippen molar-refractivity contribution >= 4 is 5.91 Å². The number of ether oxygens (including phenoxy) is 3. The Morgan fingerprint density at radius 1 is 1.18 bits per heavy atom. The van der Waals surface area contributed by atoms with Gasteiger partial charge in [-0.25, -0.2) is 0 Å². The lowest BCUT2D eigenvalue weighted by Crippen LogP contribution is -2.43. The van der Waals surface area contributed by atoms with Crippen molar-refractivity contribution in [3.8, 4) is 11.5 Å². The molecule has 0 spiro atoms. The molecule has 0 bridgehead atoms. The molecule has 1 aromatic carbocycles. The van der Waals surface area contributed by atoms with Crippen LogP contribution >= 0.6 is 0 Å². The van der Waals surface area contributed by atoms with Gasteiger partial charge in [-0.2, -0.15) is 0 Å². The minimum absolute atomic E-state index is 0.0252. The maximum Gasteiger partial charge on any atom is 0.234 e. The number of hydrogen-bond donors (Lipinski definition) is 1. The lowest BCUT2D eigenvalue weighted by atomic mass is 10.3. The third-order valence-electron chi connectivity index (χ3n) is 3.30. The Kier molecular flexibility index (Phi) is 6.99. The SMILES string of the molecule is CCOc1ccc(OCCNC(=O)CN2CCOCC2)cc1. The Labute approximate surface area is 131 Å². The number of carbonyl (C=O) groups is 1. The standard InChI is InChI=1S/C16H24N2O4/c1-2-21-14-3-5-15(6-4-14)22-10-7-17-16(19)13-18-8-11-20-12-9-18/h3-6H,2,7-13H2,1H3,(H,17,19). The van der Waals surface area contributed by atoms with E-state index in [1.54, 1.807) is 0 Å². The number of benzene rings is 1. The highest BCUT2D eigenvalue weighted by Crippen LogP contribution is 2.17. The van der Waals surface area contributed by atoms with Crippen LogP contribution < -0.4 is 14.8 Å². The van der Waals surface area contributed by atoms with Crippen LogP contribution in [0.25, 0.3) is 0 Å². The van der Waals surface area contributed by atoms with Crippen molar-refractivity contribution < 1.29 is 19.0 Å². The molecule has 6 heteroatoms. The third-order valence-corrected chi connectivity index (χ3v) is 3.30. The average Bonchev–Trinajstić information content (AvgIpc) is 2.54. The molecule has 0 atom stereocenters. The number of morpholine rings is 1. The van der Waals surface area contributed by atoms with Crippen LogP contribution in [0.4, 0.5) is 0 Å². The largest absolute Gasteiger partial charge is 0.494 e. The van der Waals surface area contributed by atoms with Gasteiger partial charge in [0.25, 0.3) is 0 Å². The molecular formula is C16H24N2O4. The van der Waals surface area contributed by atoms with E-state index in [-0.39, 0.29) is 5.91 Å². The molecule has 1 amide bonds. The van der Waals surface area contributed by atoms with E-state index in [0.29, 0.717) is 39.5 Å². The van der Waals surface area contributed by atoms with Gasteiger partial charge in [0.15, 0.2) is 0 Å². The molecule has 1 aliphatic rings. The summed E-state index contributed by atoms with van der Waals surface area (Å²) in [5.41, 5.74) is 0. The smallest absolute Gasteiger partial charge is 0.234 e. The van der Waals surface area contributed by atoms with E-state index in [2.05, 4.69) is 10.2 Å². The summed E-state index contributed by atoms with van der Waals surface area (Å²) in [4.78, 5) is 13.9. The molecule has 0 radical (unpaired) electrons. The van der Waals surface area contributed by atoms with Gasteiger partial charge in [0.05, 0.1) is 32.9 Å². The summed E-state index contributed by atoms with van der Waals surface area (Å²) in [6.07, 6.45) is 0. The first-order valence-electron chi connectivity index (χ1n) is 7.70. The second-order valence-corrected chi connectivity index (χ2v) is 4.99. The van der Waals surface area contributed by atoms with Crippen LogP contribution in [-0.2, 0) is 9.53 Å². The van der Waals surface area contributed by atoms with E-state index in [4.69, 9.17) is 14.2 Å². The number of nitrogens with one attached hydrogen (secondary N) is 1. The second-order valence-electron chi connectivity index (χ2n) is 4.99. The van der Waals surface area contributed by atoms with E-state index in [1.165, 1.54) is 0 Å². The number of carbonyl (C=O) groups excluding carboxylic acids is 1. The van der Waals surface area contributed by atoms with E-state index < -0.39 is 0 Å². The summed E-state index contributed by atoms with van der Waals surface area (Å²) in [5.74, 6) is 1.62. The fourth-order valence-corrected chi connectivity index (χ4v) is 2.18. The maximum atomic E-state index is 11.8. The Morgan fingerprint density at radius 3 is 2.45 bits per heavy atom. The zero-order chi connectivity index (χ0) is 15.6. The first-order chi connectivity index (χ1) is 10.8. The molecule has 6 nitrogen and oxygen atoms in total. The first kappa shape index (κ1) is 16.6. The molecule has 122 valence electrons.